The van der Waals surface area contributed by atoms with Crippen molar-refractivity contribution >= 4 is 21.6 Å². The number of benzene rings is 1. The zero-order chi connectivity index (χ0) is 14.1. The molecule has 1 aromatic rings. The van der Waals surface area contributed by atoms with E-state index in [1.54, 1.807) is 20.8 Å². The minimum Gasteiger partial charge on any atom is -0.207 e. The summed E-state index contributed by atoms with van der Waals surface area (Å²) in [6.07, 6.45) is 0. The van der Waals surface area contributed by atoms with Gasteiger partial charge in [-0.25, -0.2) is 12.8 Å². The fourth-order valence-corrected chi connectivity index (χ4v) is 3.41. The monoisotopic (exact) mass is 293 g/mol. The molecule has 0 aliphatic heterocycles. The Morgan fingerprint density at radius 1 is 1.39 bits per heavy atom. The molecular formula is C12H17ClFNO2S. The molecule has 102 valence electrons. The van der Waals surface area contributed by atoms with Gasteiger partial charge < -0.3 is 0 Å². The smallest absolute Gasteiger partial charge is 0.207 e. The van der Waals surface area contributed by atoms with Crippen LogP contribution in [-0.2, 0) is 10.0 Å². The van der Waals surface area contributed by atoms with E-state index in [1.165, 1.54) is 23.5 Å². The molecule has 6 heteroatoms. The molecule has 0 bridgehead atoms. The van der Waals surface area contributed by atoms with Gasteiger partial charge in [0.2, 0.25) is 10.0 Å². The third-order valence-electron chi connectivity index (χ3n) is 2.97. The molecule has 0 saturated carbocycles. The molecular weight excluding hydrogens is 277 g/mol. The zero-order valence-corrected chi connectivity index (χ0v) is 12.4. The highest BCUT2D eigenvalue weighted by molar-refractivity contribution is 7.89. The number of alkyl halides is 1. The normalized spacial score (nSPS) is 13.1. The Bertz CT molecular complexity index is 543. The van der Waals surface area contributed by atoms with Crippen molar-refractivity contribution < 1.29 is 12.8 Å². The van der Waals surface area contributed by atoms with Crippen molar-refractivity contribution in [3.05, 3.63) is 29.6 Å². The largest absolute Gasteiger partial charge is 0.243 e. The number of aryl methyl sites for hydroxylation is 1. The standard InChI is InChI=1S/C12H17ClFNO2S/c1-9-5-6-10(14)7-11(9)18(16,17)15(4)12(2,3)8-13/h5-7H,8H2,1-4H3. The molecule has 0 unspecified atom stereocenters. The lowest BCUT2D eigenvalue weighted by molar-refractivity contribution is 0.295. The van der Waals surface area contributed by atoms with E-state index in [9.17, 15) is 12.8 Å². The Labute approximate surface area is 113 Å². The van der Waals surface area contributed by atoms with Gasteiger partial charge in [0.25, 0.3) is 0 Å². The summed E-state index contributed by atoms with van der Waals surface area (Å²) < 4.78 is 39.2. The zero-order valence-electron chi connectivity index (χ0n) is 10.9. The summed E-state index contributed by atoms with van der Waals surface area (Å²) in [5, 5.41) is 0. The lowest BCUT2D eigenvalue weighted by Gasteiger charge is -2.33. The van der Waals surface area contributed by atoms with Crippen molar-refractivity contribution in [3.63, 3.8) is 0 Å². The van der Waals surface area contributed by atoms with Crippen LogP contribution in [0.15, 0.2) is 23.1 Å². The summed E-state index contributed by atoms with van der Waals surface area (Å²) in [6.45, 7) is 5.06. The second-order valence-corrected chi connectivity index (χ2v) is 7.03. The molecule has 1 aromatic carbocycles. The van der Waals surface area contributed by atoms with Crippen LogP contribution in [0.5, 0.6) is 0 Å². The highest BCUT2D eigenvalue weighted by atomic mass is 35.5. The van der Waals surface area contributed by atoms with Gasteiger partial charge in [-0.15, -0.1) is 11.6 Å². The predicted octanol–water partition coefficient (Wildman–Crippen LogP) is 2.77. The van der Waals surface area contributed by atoms with Crippen LogP contribution in [0.4, 0.5) is 4.39 Å². The van der Waals surface area contributed by atoms with E-state index in [4.69, 9.17) is 11.6 Å². The van der Waals surface area contributed by atoms with E-state index in [0.29, 0.717) is 5.56 Å². The number of sulfonamides is 1. The molecule has 0 spiro atoms. The average Bonchev–Trinajstić information content (AvgIpc) is 2.31. The lowest BCUT2D eigenvalue weighted by Crippen LogP contribution is -2.46. The van der Waals surface area contributed by atoms with Gasteiger partial charge in [-0.1, -0.05) is 6.07 Å². The Balaban J connectivity index is 3.34. The van der Waals surface area contributed by atoms with Crippen molar-refractivity contribution in [2.45, 2.75) is 31.2 Å². The summed E-state index contributed by atoms with van der Waals surface area (Å²) in [5.41, 5.74) is -0.229. The van der Waals surface area contributed by atoms with E-state index < -0.39 is 21.4 Å². The van der Waals surface area contributed by atoms with Crippen LogP contribution in [0.25, 0.3) is 0 Å². The molecule has 0 atom stereocenters. The molecule has 0 heterocycles. The molecule has 0 fully saturated rings. The second kappa shape index (κ2) is 5.15. The van der Waals surface area contributed by atoms with Gasteiger partial charge >= 0.3 is 0 Å². The topological polar surface area (TPSA) is 37.4 Å². The van der Waals surface area contributed by atoms with Gasteiger partial charge in [-0.3, -0.25) is 0 Å². The Morgan fingerprint density at radius 2 is 1.94 bits per heavy atom. The van der Waals surface area contributed by atoms with E-state index in [0.717, 1.165) is 6.07 Å². The molecule has 0 radical (unpaired) electrons. The van der Waals surface area contributed by atoms with Crippen LogP contribution >= 0.6 is 11.6 Å². The predicted molar refractivity (Wildman–Crippen MR) is 70.9 cm³/mol. The van der Waals surface area contributed by atoms with E-state index in [-0.39, 0.29) is 10.8 Å². The number of hydrogen-bond donors (Lipinski definition) is 0. The summed E-state index contributed by atoms with van der Waals surface area (Å²) >= 11 is 5.77. The van der Waals surface area contributed by atoms with Crippen LogP contribution in [0.1, 0.15) is 19.4 Å². The van der Waals surface area contributed by atoms with Crippen LogP contribution in [-0.4, -0.2) is 31.2 Å². The van der Waals surface area contributed by atoms with Crippen molar-refractivity contribution in [2.75, 3.05) is 12.9 Å². The second-order valence-electron chi connectivity index (χ2n) is 4.83. The van der Waals surface area contributed by atoms with Gasteiger partial charge in [0, 0.05) is 18.5 Å². The minimum absolute atomic E-state index is 0.0248. The maximum atomic E-state index is 13.2. The first kappa shape index (κ1) is 15.4. The fraction of sp³-hybridized carbons (Fsp3) is 0.500. The van der Waals surface area contributed by atoms with Crippen molar-refractivity contribution in [1.82, 2.24) is 4.31 Å². The van der Waals surface area contributed by atoms with Gasteiger partial charge in [-0.05, 0) is 38.5 Å². The maximum absolute atomic E-state index is 13.2. The number of halogens is 2. The van der Waals surface area contributed by atoms with Crippen LogP contribution < -0.4 is 0 Å². The number of rotatable bonds is 4. The fourth-order valence-electron chi connectivity index (χ4n) is 1.41. The molecule has 0 N–H and O–H groups in total. The molecule has 18 heavy (non-hydrogen) atoms. The van der Waals surface area contributed by atoms with Gasteiger partial charge in [-0.2, -0.15) is 4.31 Å². The first-order valence-electron chi connectivity index (χ1n) is 5.44. The Morgan fingerprint density at radius 3 is 2.44 bits per heavy atom. The van der Waals surface area contributed by atoms with Crippen LogP contribution in [0.3, 0.4) is 0 Å². The summed E-state index contributed by atoms with van der Waals surface area (Å²) in [6, 6.07) is 3.72. The first-order chi connectivity index (χ1) is 8.13. The molecule has 0 aromatic heterocycles. The van der Waals surface area contributed by atoms with E-state index in [1.807, 2.05) is 0 Å². The highest BCUT2D eigenvalue weighted by Gasteiger charge is 2.34. The SMILES string of the molecule is Cc1ccc(F)cc1S(=O)(=O)N(C)C(C)(C)CCl. The molecule has 3 nitrogen and oxygen atoms in total. The minimum atomic E-state index is -3.75. The summed E-state index contributed by atoms with van der Waals surface area (Å²) in [4.78, 5) is -0.0248. The van der Waals surface area contributed by atoms with Crippen LogP contribution in [0, 0.1) is 12.7 Å². The summed E-state index contributed by atoms with van der Waals surface area (Å²) in [7, 11) is -2.31. The molecule has 0 aliphatic carbocycles. The van der Waals surface area contributed by atoms with E-state index in [2.05, 4.69) is 0 Å². The van der Waals surface area contributed by atoms with Gasteiger partial charge in [0.1, 0.15) is 5.82 Å². The Hall–Kier alpha value is -0.650. The number of nitrogens with zero attached hydrogens (tertiary/aromatic N) is 1. The third kappa shape index (κ3) is 2.84. The van der Waals surface area contributed by atoms with E-state index >= 15 is 0 Å². The average molecular weight is 294 g/mol. The van der Waals surface area contributed by atoms with Crippen LogP contribution in [0.2, 0.25) is 0 Å². The molecule has 0 amide bonds. The Kier molecular flexibility index (Phi) is 4.41. The number of hydrogen-bond acceptors (Lipinski definition) is 2. The highest BCUT2D eigenvalue weighted by Crippen LogP contribution is 2.26. The van der Waals surface area contributed by atoms with Crippen molar-refractivity contribution in [1.29, 1.82) is 0 Å². The van der Waals surface area contributed by atoms with Crippen molar-refractivity contribution in [3.8, 4) is 0 Å². The molecule has 0 aliphatic rings. The summed E-state index contributed by atoms with van der Waals surface area (Å²) in [5.74, 6) is -0.423. The quantitative estimate of drug-likeness (QED) is 0.801. The van der Waals surface area contributed by atoms with Gasteiger partial charge in [0.05, 0.1) is 4.90 Å². The molecule has 1 rings (SSSR count). The third-order valence-corrected chi connectivity index (χ3v) is 5.83. The van der Waals surface area contributed by atoms with Gasteiger partial charge in [0.15, 0.2) is 0 Å². The molecule has 0 saturated heterocycles. The van der Waals surface area contributed by atoms with Crippen molar-refractivity contribution in [2.24, 2.45) is 0 Å². The lowest BCUT2D eigenvalue weighted by atomic mass is 10.1. The maximum Gasteiger partial charge on any atom is 0.243 e. The first-order valence-corrected chi connectivity index (χ1v) is 7.41.